The third kappa shape index (κ3) is 4.95. The molecule has 0 bridgehead atoms. The van der Waals surface area contributed by atoms with Crippen LogP contribution in [0.5, 0.6) is 0 Å². The van der Waals surface area contributed by atoms with Crippen molar-refractivity contribution < 1.29 is 27.9 Å². The minimum Gasteiger partial charge on any atom is -0.350 e. The molecule has 158 valence electrons. The van der Waals surface area contributed by atoms with Crippen LogP contribution in [0, 0.1) is 0 Å². The summed E-state index contributed by atoms with van der Waals surface area (Å²) in [6.45, 7) is 1.90. The summed E-state index contributed by atoms with van der Waals surface area (Å²) >= 11 is 4.96. The molecule has 6 nitrogen and oxygen atoms in total. The molecule has 0 aliphatic carbocycles. The Morgan fingerprint density at radius 1 is 1.27 bits per heavy atom. The molecule has 3 N–H and O–H groups in total. The van der Waals surface area contributed by atoms with Crippen molar-refractivity contribution in [3.63, 3.8) is 0 Å². The number of benzene rings is 2. The Morgan fingerprint density at radius 2 is 1.97 bits per heavy atom. The van der Waals surface area contributed by atoms with E-state index in [-0.39, 0.29) is 18.2 Å². The van der Waals surface area contributed by atoms with Gasteiger partial charge in [0.2, 0.25) is 0 Å². The third-order valence-corrected chi connectivity index (χ3v) is 4.44. The van der Waals surface area contributed by atoms with Crippen LogP contribution < -0.4 is 10.6 Å². The van der Waals surface area contributed by atoms with Crippen LogP contribution in [-0.4, -0.2) is 33.7 Å². The van der Waals surface area contributed by atoms with E-state index in [2.05, 4.69) is 20.6 Å². The number of carbonyl (C=O) groups excluding carboxylic acids is 1. The lowest BCUT2D eigenvalue weighted by molar-refractivity contribution is -0.355. The Balaban J connectivity index is 1.62. The van der Waals surface area contributed by atoms with E-state index in [0.29, 0.717) is 21.7 Å². The Bertz CT molecular complexity index is 993. The van der Waals surface area contributed by atoms with Crippen LogP contribution in [0.25, 0.3) is 0 Å². The second kappa shape index (κ2) is 8.41. The maximum Gasteiger partial charge on any atom is 0.458 e. The van der Waals surface area contributed by atoms with Crippen molar-refractivity contribution in [1.29, 1.82) is 0 Å². The average Bonchev–Trinajstić information content (AvgIpc) is 3.10. The molecule has 2 aromatic carbocycles. The van der Waals surface area contributed by atoms with Gasteiger partial charge in [-0.2, -0.15) is 13.2 Å². The standard InChI is InChI=1S/C20H18F3N3O3S/c1-12(30)25-16-7-5-14(6-8-16)18(27)24-11-13-3-2-4-15(9-13)17-10-19(28,29-26-17)20(21,22)23/h2-9,28H,10-11H2,1H3,(H,24,27)(H,25,30). The van der Waals surface area contributed by atoms with Crippen LogP contribution in [0.4, 0.5) is 18.9 Å². The van der Waals surface area contributed by atoms with Gasteiger partial charge in [0.25, 0.3) is 5.91 Å². The molecular weight excluding hydrogens is 419 g/mol. The minimum atomic E-state index is -4.96. The average molecular weight is 437 g/mol. The number of hydrogen-bond donors (Lipinski definition) is 3. The highest BCUT2D eigenvalue weighted by Gasteiger charge is 2.60. The summed E-state index contributed by atoms with van der Waals surface area (Å²) in [4.78, 5) is 17.2. The van der Waals surface area contributed by atoms with Gasteiger partial charge >= 0.3 is 12.0 Å². The number of carbonyl (C=O) groups is 1. The normalized spacial score (nSPS) is 18.4. The summed E-state index contributed by atoms with van der Waals surface area (Å²) in [5, 5.41) is 18.7. The molecule has 1 atom stereocenters. The number of alkyl halides is 3. The second-order valence-corrected chi connectivity index (χ2v) is 7.34. The number of oxime groups is 1. The van der Waals surface area contributed by atoms with Crippen LogP contribution in [0.1, 0.15) is 34.8 Å². The summed E-state index contributed by atoms with van der Waals surface area (Å²) in [5.41, 5.74) is 2.21. The maximum absolute atomic E-state index is 12.9. The third-order valence-electron chi connectivity index (χ3n) is 4.34. The van der Waals surface area contributed by atoms with Gasteiger partial charge in [-0.05, 0) is 48.4 Å². The highest BCUT2D eigenvalue weighted by molar-refractivity contribution is 7.80. The van der Waals surface area contributed by atoms with Gasteiger partial charge in [0.1, 0.15) is 0 Å². The monoisotopic (exact) mass is 437 g/mol. The van der Waals surface area contributed by atoms with Crippen LogP contribution in [0.3, 0.4) is 0 Å². The van der Waals surface area contributed by atoms with Gasteiger partial charge in [-0.3, -0.25) is 4.79 Å². The molecule has 10 heteroatoms. The second-order valence-electron chi connectivity index (χ2n) is 6.73. The molecule has 0 aromatic heterocycles. The fraction of sp³-hybridized carbons (Fsp3) is 0.250. The number of nitrogens with one attached hydrogen (secondary N) is 2. The summed E-state index contributed by atoms with van der Waals surface area (Å²) in [5.74, 6) is -3.63. The van der Waals surface area contributed by atoms with E-state index in [1.54, 1.807) is 55.5 Å². The number of thiocarbonyl (C=S) groups is 1. The maximum atomic E-state index is 12.9. The molecule has 0 radical (unpaired) electrons. The van der Waals surface area contributed by atoms with Crippen molar-refractivity contribution >= 4 is 34.5 Å². The molecule has 1 aliphatic heterocycles. The van der Waals surface area contributed by atoms with Crippen LogP contribution >= 0.6 is 12.2 Å². The molecule has 30 heavy (non-hydrogen) atoms. The van der Waals surface area contributed by atoms with E-state index in [4.69, 9.17) is 12.2 Å². The lowest BCUT2D eigenvalue weighted by atomic mass is 10.0. The smallest absolute Gasteiger partial charge is 0.350 e. The van der Waals surface area contributed by atoms with Gasteiger partial charge in [-0.15, -0.1) is 0 Å². The number of halogens is 3. The molecule has 1 amide bonds. The lowest BCUT2D eigenvalue weighted by Gasteiger charge is -2.22. The number of nitrogens with zero attached hydrogens (tertiary/aromatic N) is 1. The predicted molar refractivity (Wildman–Crippen MR) is 109 cm³/mol. The Hall–Kier alpha value is -2.98. The molecule has 3 rings (SSSR count). The topological polar surface area (TPSA) is 83.0 Å². The van der Waals surface area contributed by atoms with Gasteiger partial charge in [0.15, 0.2) is 0 Å². The van der Waals surface area contributed by atoms with Gasteiger partial charge in [0, 0.05) is 17.8 Å². The van der Waals surface area contributed by atoms with Crippen LogP contribution in [0.2, 0.25) is 0 Å². The number of hydrogen-bond acceptors (Lipinski definition) is 5. The zero-order valence-electron chi connectivity index (χ0n) is 15.8. The number of aliphatic hydroxyl groups is 1. The van der Waals surface area contributed by atoms with Gasteiger partial charge < -0.3 is 20.6 Å². The SMILES string of the molecule is CC(=S)Nc1ccc(C(=O)NCc2cccc(C3=NOC(O)(C(F)(F)F)C3)c2)cc1. The Morgan fingerprint density at radius 3 is 2.57 bits per heavy atom. The first-order valence-electron chi connectivity index (χ1n) is 8.87. The molecule has 1 heterocycles. The first-order valence-corrected chi connectivity index (χ1v) is 9.27. The Kier molecular flexibility index (Phi) is 6.09. The zero-order valence-corrected chi connectivity index (χ0v) is 16.6. The molecule has 2 aromatic rings. The fourth-order valence-corrected chi connectivity index (χ4v) is 2.90. The number of rotatable bonds is 5. The van der Waals surface area contributed by atoms with E-state index in [0.717, 1.165) is 5.69 Å². The summed E-state index contributed by atoms with van der Waals surface area (Å²) in [6.07, 6.45) is -5.77. The highest BCUT2D eigenvalue weighted by Crippen LogP contribution is 2.38. The first-order chi connectivity index (χ1) is 14.1. The molecule has 0 saturated carbocycles. The molecule has 0 fully saturated rings. The van der Waals surface area contributed by atoms with Crippen LogP contribution in [0.15, 0.2) is 53.7 Å². The van der Waals surface area contributed by atoms with E-state index >= 15 is 0 Å². The molecule has 1 unspecified atom stereocenters. The van der Waals surface area contributed by atoms with E-state index < -0.39 is 18.4 Å². The minimum absolute atomic E-state index is 0.0278. The van der Waals surface area contributed by atoms with E-state index in [1.165, 1.54) is 0 Å². The van der Waals surface area contributed by atoms with Crippen molar-refractivity contribution in [3.8, 4) is 0 Å². The van der Waals surface area contributed by atoms with Gasteiger partial charge in [-0.1, -0.05) is 35.6 Å². The predicted octanol–water partition coefficient (Wildman–Crippen LogP) is 3.75. The van der Waals surface area contributed by atoms with Crippen molar-refractivity contribution in [2.75, 3.05) is 5.32 Å². The van der Waals surface area contributed by atoms with E-state index in [1.807, 2.05) is 0 Å². The van der Waals surface area contributed by atoms with Gasteiger partial charge in [0.05, 0.1) is 17.1 Å². The number of anilines is 1. The van der Waals surface area contributed by atoms with Crippen molar-refractivity contribution in [3.05, 3.63) is 65.2 Å². The van der Waals surface area contributed by atoms with Crippen molar-refractivity contribution in [2.45, 2.75) is 31.9 Å². The molecule has 0 spiro atoms. The zero-order chi connectivity index (χ0) is 21.9. The van der Waals surface area contributed by atoms with E-state index in [9.17, 15) is 23.1 Å². The van der Waals surface area contributed by atoms with Gasteiger partial charge in [-0.25, -0.2) is 0 Å². The quantitative estimate of drug-likeness (QED) is 0.621. The summed E-state index contributed by atoms with van der Waals surface area (Å²) in [7, 11) is 0. The molecule has 0 saturated heterocycles. The van der Waals surface area contributed by atoms with Crippen LogP contribution in [-0.2, 0) is 11.4 Å². The van der Waals surface area contributed by atoms with Crippen molar-refractivity contribution in [2.24, 2.45) is 5.16 Å². The largest absolute Gasteiger partial charge is 0.458 e. The van der Waals surface area contributed by atoms with Crippen molar-refractivity contribution in [1.82, 2.24) is 5.32 Å². The highest BCUT2D eigenvalue weighted by atomic mass is 32.1. The summed E-state index contributed by atoms with van der Waals surface area (Å²) < 4.78 is 38.6. The number of amides is 1. The fourth-order valence-electron chi connectivity index (χ4n) is 2.78. The molecular formula is C20H18F3N3O3S. The summed E-state index contributed by atoms with van der Waals surface area (Å²) in [6, 6.07) is 13.2. The first kappa shape index (κ1) is 21.7. The Labute approximate surface area is 175 Å². The lowest BCUT2D eigenvalue weighted by Crippen LogP contribution is -2.45. The molecule has 1 aliphatic rings.